The van der Waals surface area contributed by atoms with Crippen molar-refractivity contribution < 1.29 is 9.13 Å². The summed E-state index contributed by atoms with van der Waals surface area (Å²) in [6.45, 7) is 0.335. The Morgan fingerprint density at radius 2 is 2.32 bits per heavy atom. The normalized spacial score (nSPS) is 10.4. The molecule has 5 nitrogen and oxygen atoms in total. The molecule has 0 aliphatic carbocycles. The molecule has 1 aromatic carbocycles. The van der Waals surface area contributed by atoms with E-state index in [9.17, 15) is 4.39 Å². The maximum Gasteiger partial charge on any atom is 0.165 e. The number of nitrogen functional groups attached to an aromatic ring is 1. The number of nitrogens with zero attached hydrogens (tertiary/aromatic N) is 2. The minimum absolute atomic E-state index is 0.152. The summed E-state index contributed by atoms with van der Waals surface area (Å²) in [7, 11) is 1.89. The maximum atomic E-state index is 13.7. The summed E-state index contributed by atoms with van der Waals surface area (Å²) in [6.07, 6.45) is 4.15. The van der Waals surface area contributed by atoms with Gasteiger partial charge in [-0.05, 0) is 18.2 Å². The number of nitrogens with two attached hydrogens (primary N) is 1. The Labute approximate surface area is 110 Å². The van der Waals surface area contributed by atoms with Gasteiger partial charge >= 0.3 is 0 Å². The van der Waals surface area contributed by atoms with Crippen molar-refractivity contribution in [1.82, 2.24) is 9.55 Å². The summed E-state index contributed by atoms with van der Waals surface area (Å²) in [4.78, 5) is 4.15. The SMILES string of the molecule is Cn1ccnc1CCOc1ccc(C(=N)N)cc1F. The van der Waals surface area contributed by atoms with Crippen molar-refractivity contribution in [3.05, 3.63) is 47.8 Å². The summed E-state index contributed by atoms with van der Waals surface area (Å²) in [6, 6.07) is 4.23. The van der Waals surface area contributed by atoms with E-state index >= 15 is 0 Å². The fourth-order valence-corrected chi connectivity index (χ4v) is 1.68. The average molecular weight is 262 g/mol. The first-order valence-corrected chi connectivity index (χ1v) is 5.81. The van der Waals surface area contributed by atoms with Gasteiger partial charge in [-0.2, -0.15) is 0 Å². The predicted octanol–water partition coefficient (Wildman–Crippen LogP) is 1.46. The Balaban J connectivity index is 1.96. The number of hydrogen-bond acceptors (Lipinski definition) is 3. The molecule has 1 heterocycles. The van der Waals surface area contributed by atoms with Gasteiger partial charge in [0, 0.05) is 31.4 Å². The molecule has 2 rings (SSSR count). The topological polar surface area (TPSA) is 76.9 Å². The minimum atomic E-state index is -0.521. The van der Waals surface area contributed by atoms with Gasteiger partial charge in [-0.15, -0.1) is 0 Å². The van der Waals surface area contributed by atoms with Crippen LogP contribution in [-0.4, -0.2) is 22.0 Å². The van der Waals surface area contributed by atoms with Crippen LogP contribution in [-0.2, 0) is 13.5 Å². The van der Waals surface area contributed by atoms with Gasteiger partial charge in [0.15, 0.2) is 11.6 Å². The number of ether oxygens (including phenoxy) is 1. The summed E-state index contributed by atoms with van der Waals surface area (Å²) < 4.78 is 20.9. The molecule has 100 valence electrons. The van der Waals surface area contributed by atoms with Crippen molar-refractivity contribution in [2.75, 3.05) is 6.61 Å². The molecule has 0 aliphatic heterocycles. The molecule has 0 fully saturated rings. The van der Waals surface area contributed by atoms with Crippen LogP contribution in [0.1, 0.15) is 11.4 Å². The van der Waals surface area contributed by atoms with Crippen LogP contribution in [0.3, 0.4) is 0 Å². The zero-order chi connectivity index (χ0) is 13.8. The lowest BCUT2D eigenvalue weighted by atomic mass is 10.2. The molecule has 2 aromatic rings. The largest absolute Gasteiger partial charge is 0.490 e. The monoisotopic (exact) mass is 262 g/mol. The van der Waals surface area contributed by atoms with Crippen molar-refractivity contribution >= 4 is 5.84 Å². The number of amidine groups is 1. The molecule has 0 spiro atoms. The molecule has 19 heavy (non-hydrogen) atoms. The molecule has 0 unspecified atom stereocenters. The van der Waals surface area contributed by atoms with Gasteiger partial charge in [0.2, 0.25) is 0 Å². The van der Waals surface area contributed by atoms with E-state index < -0.39 is 5.82 Å². The molecule has 0 atom stereocenters. The van der Waals surface area contributed by atoms with E-state index in [2.05, 4.69) is 4.98 Å². The van der Waals surface area contributed by atoms with Gasteiger partial charge in [-0.3, -0.25) is 5.41 Å². The molecule has 1 aromatic heterocycles. The second-order valence-electron chi connectivity index (χ2n) is 4.11. The number of aryl methyl sites for hydroxylation is 1. The number of rotatable bonds is 5. The van der Waals surface area contributed by atoms with Gasteiger partial charge in [-0.1, -0.05) is 0 Å². The number of hydrogen-bond donors (Lipinski definition) is 2. The molecular weight excluding hydrogens is 247 g/mol. The molecule has 3 N–H and O–H groups in total. The Morgan fingerprint density at radius 3 is 2.89 bits per heavy atom. The zero-order valence-corrected chi connectivity index (χ0v) is 10.6. The second kappa shape index (κ2) is 5.51. The summed E-state index contributed by atoms with van der Waals surface area (Å²) in [5.74, 6) is 0.339. The smallest absolute Gasteiger partial charge is 0.165 e. The molecule has 0 saturated heterocycles. The van der Waals surface area contributed by atoms with E-state index in [0.29, 0.717) is 18.6 Å². The first-order chi connectivity index (χ1) is 9.08. The lowest BCUT2D eigenvalue weighted by molar-refractivity contribution is 0.301. The second-order valence-corrected chi connectivity index (χ2v) is 4.11. The molecule has 0 amide bonds. The van der Waals surface area contributed by atoms with E-state index in [1.165, 1.54) is 12.1 Å². The highest BCUT2D eigenvalue weighted by Crippen LogP contribution is 2.18. The zero-order valence-electron chi connectivity index (χ0n) is 10.6. The third kappa shape index (κ3) is 3.09. The highest BCUT2D eigenvalue weighted by molar-refractivity contribution is 5.95. The van der Waals surface area contributed by atoms with Crippen LogP contribution in [0.2, 0.25) is 0 Å². The standard InChI is InChI=1S/C13H15FN4O/c1-18-6-5-17-12(18)4-7-19-11-3-2-9(13(15)16)8-10(11)14/h2-3,5-6,8H,4,7H2,1H3,(H3,15,16). The first-order valence-electron chi connectivity index (χ1n) is 5.81. The predicted molar refractivity (Wildman–Crippen MR) is 69.8 cm³/mol. The molecular formula is C13H15FN4O. The molecule has 0 aliphatic rings. The molecule has 0 saturated carbocycles. The van der Waals surface area contributed by atoms with Crippen LogP contribution in [0, 0.1) is 11.2 Å². The van der Waals surface area contributed by atoms with Gasteiger partial charge in [0.1, 0.15) is 11.7 Å². The van der Waals surface area contributed by atoms with Crippen LogP contribution < -0.4 is 10.5 Å². The van der Waals surface area contributed by atoms with Gasteiger partial charge < -0.3 is 15.0 Å². The highest BCUT2D eigenvalue weighted by Gasteiger charge is 2.07. The van der Waals surface area contributed by atoms with Crippen molar-refractivity contribution in [2.45, 2.75) is 6.42 Å². The summed E-state index contributed by atoms with van der Waals surface area (Å²) >= 11 is 0. The maximum absolute atomic E-state index is 13.7. The average Bonchev–Trinajstić information content (AvgIpc) is 2.77. The van der Waals surface area contributed by atoms with E-state index in [-0.39, 0.29) is 11.6 Å². The van der Waals surface area contributed by atoms with E-state index in [1.54, 1.807) is 12.3 Å². The first kappa shape index (κ1) is 13.1. The van der Waals surface area contributed by atoms with E-state index in [0.717, 1.165) is 5.82 Å². The van der Waals surface area contributed by atoms with Crippen molar-refractivity contribution in [2.24, 2.45) is 12.8 Å². The third-order valence-electron chi connectivity index (χ3n) is 2.75. The fraction of sp³-hybridized carbons (Fsp3) is 0.231. The minimum Gasteiger partial charge on any atom is -0.490 e. The van der Waals surface area contributed by atoms with Crippen LogP contribution in [0.15, 0.2) is 30.6 Å². The Morgan fingerprint density at radius 1 is 1.53 bits per heavy atom. The fourth-order valence-electron chi connectivity index (χ4n) is 1.68. The number of aromatic nitrogens is 2. The van der Waals surface area contributed by atoms with Crippen LogP contribution in [0.5, 0.6) is 5.75 Å². The van der Waals surface area contributed by atoms with Crippen LogP contribution >= 0.6 is 0 Å². The Hall–Kier alpha value is -2.37. The van der Waals surface area contributed by atoms with Crippen LogP contribution in [0.25, 0.3) is 0 Å². The Bertz CT molecular complexity index is 594. The van der Waals surface area contributed by atoms with Gasteiger partial charge in [-0.25, -0.2) is 9.37 Å². The lowest BCUT2D eigenvalue weighted by Gasteiger charge is -2.08. The number of nitrogens with one attached hydrogen (secondary N) is 1. The van der Waals surface area contributed by atoms with Crippen molar-refractivity contribution in [3.63, 3.8) is 0 Å². The van der Waals surface area contributed by atoms with Crippen molar-refractivity contribution in [1.29, 1.82) is 5.41 Å². The van der Waals surface area contributed by atoms with E-state index in [1.807, 2.05) is 17.8 Å². The van der Waals surface area contributed by atoms with Crippen molar-refractivity contribution in [3.8, 4) is 5.75 Å². The van der Waals surface area contributed by atoms with Gasteiger partial charge in [0.25, 0.3) is 0 Å². The summed E-state index contributed by atoms with van der Waals surface area (Å²) in [5.41, 5.74) is 5.62. The Kier molecular flexibility index (Phi) is 3.79. The third-order valence-corrected chi connectivity index (χ3v) is 2.75. The lowest BCUT2D eigenvalue weighted by Crippen LogP contribution is -2.12. The number of imidazole rings is 1. The molecule has 0 radical (unpaired) electrons. The molecule has 0 bridgehead atoms. The number of benzene rings is 1. The number of halogens is 1. The summed E-state index contributed by atoms with van der Waals surface area (Å²) in [5, 5.41) is 7.22. The van der Waals surface area contributed by atoms with Crippen LogP contribution in [0.4, 0.5) is 4.39 Å². The van der Waals surface area contributed by atoms with Gasteiger partial charge in [0.05, 0.1) is 6.61 Å². The quantitative estimate of drug-likeness (QED) is 0.632. The highest BCUT2D eigenvalue weighted by atomic mass is 19.1. The molecule has 6 heteroatoms. The van der Waals surface area contributed by atoms with E-state index in [4.69, 9.17) is 15.9 Å².